The summed E-state index contributed by atoms with van der Waals surface area (Å²) in [6, 6.07) is 6.06. The Labute approximate surface area is 109 Å². The first-order chi connectivity index (χ1) is 8.99. The first-order valence-corrected chi connectivity index (χ1v) is 5.65. The maximum absolute atomic E-state index is 11.5. The van der Waals surface area contributed by atoms with Crippen LogP contribution in [-0.4, -0.2) is 36.1 Å². The van der Waals surface area contributed by atoms with E-state index in [-0.39, 0.29) is 13.1 Å². The van der Waals surface area contributed by atoms with E-state index in [0.29, 0.717) is 11.3 Å². The normalized spacial score (nSPS) is 16.8. The number of rotatable bonds is 3. The van der Waals surface area contributed by atoms with Crippen LogP contribution >= 0.6 is 0 Å². The van der Waals surface area contributed by atoms with Crippen molar-refractivity contribution < 1.29 is 19.5 Å². The maximum atomic E-state index is 11.5. The van der Waals surface area contributed by atoms with E-state index in [4.69, 9.17) is 10.8 Å². The van der Waals surface area contributed by atoms with Crippen LogP contribution < -0.4 is 16.0 Å². The molecule has 1 atom stereocenters. The van der Waals surface area contributed by atoms with Gasteiger partial charge >= 0.3 is 12.0 Å². The fraction of sp³-hybridized carbons (Fsp3) is 0.250. The van der Waals surface area contributed by atoms with Crippen molar-refractivity contribution in [2.45, 2.75) is 5.92 Å². The van der Waals surface area contributed by atoms with E-state index in [9.17, 15) is 14.4 Å². The number of nitrogens with zero attached hydrogens (tertiary/aromatic N) is 1. The highest BCUT2D eigenvalue weighted by Gasteiger charge is 2.33. The summed E-state index contributed by atoms with van der Waals surface area (Å²) in [5.74, 6) is -2.17. The number of hydrogen-bond acceptors (Lipinski definition) is 4. The number of nitrogens with two attached hydrogens (primary N) is 1. The predicted molar refractivity (Wildman–Crippen MR) is 66.8 cm³/mol. The summed E-state index contributed by atoms with van der Waals surface area (Å²) >= 11 is 0. The van der Waals surface area contributed by atoms with Crippen molar-refractivity contribution in [3.63, 3.8) is 0 Å². The number of aliphatic carboxylic acids is 1. The van der Waals surface area contributed by atoms with Gasteiger partial charge in [0.1, 0.15) is 5.92 Å². The van der Waals surface area contributed by atoms with Crippen LogP contribution in [0.1, 0.15) is 11.5 Å². The quantitative estimate of drug-likeness (QED) is 0.703. The van der Waals surface area contributed by atoms with Gasteiger partial charge in [0.05, 0.1) is 6.54 Å². The zero-order valence-corrected chi connectivity index (χ0v) is 10.00. The van der Waals surface area contributed by atoms with Crippen LogP contribution in [0.4, 0.5) is 10.5 Å². The molecule has 3 amide bonds. The van der Waals surface area contributed by atoms with Crippen LogP contribution in [0.2, 0.25) is 0 Å². The van der Waals surface area contributed by atoms with Crippen LogP contribution in [0, 0.1) is 0 Å². The first kappa shape index (κ1) is 12.9. The molecule has 0 saturated heterocycles. The Balaban J connectivity index is 2.18. The van der Waals surface area contributed by atoms with Gasteiger partial charge in [0.2, 0.25) is 5.91 Å². The van der Waals surface area contributed by atoms with E-state index in [2.05, 4.69) is 0 Å². The molecule has 7 heteroatoms. The number of carboxylic acids is 1. The van der Waals surface area contributed by atoms with Gasteiger partial charge in [-0.1, -0.05) is 18.2 Å². The zero-order chi connectivity index (χ0) is 14.0. The molecule has 1 unspecified atom stereocenters. The number of carboxylic acid groups (broad SMARTS) is 1. The molecule has 1 aromatic carbocycles. The molecule has 0 radical (unpaired) electrons. The second-order valence-corrected chi connectivity index (χ2v) is 4.24. The van der Waals surface area contributed by atoms with Gasteiger partial charge in [0.25, 0.3) is 0 Å². The fourth-order valence-electron chi connectivity index (χ4n) is 2.20. The van der Waals surface area contributed by atoms with E-state index in [1.54, 1.807) is 29.2 Å². The molecule has 4 N–H and O–H groups in total. The van der Waals surface area contributed by atoms with Gasteiger partial charge < -0.3 is 15.7 Å². The minimum absolute atomic E-state index is 0.107. The molecule has 0 saturated carbocycles. The van der Waals surface area contributed by atoms with Gasteiger partial charge in [-0.15, -0.1) is 0 Å². The molecule has 100 valence electrons. The number of anilines is 1. The zero-order valence-electron chi connectivity index (χ0n) is 10.00. The summed E-state index contributed by atoms with van der Waals surface area (Å²) in [7, 11) is 0. The lowest BCUT2D eigenvalue weighted by atomic mass is 10.0. The first-order valence-electron chi connectivity index (χ1n) is 5.65. The number of para-hydroxylation sites is 1. The van der Waals surface area contributed by atoms with Gasteiger partial charge in [0, 0.05) is 12.2 Å². The summed E-state index contributed by atoms with van der Waals surface area (Å²) in [6.07, 6.45) is 0. The van der Waals surface area contributed by atoms with Crippen LogP contribution in [0.25, 0.3) is 0 Å². The molecule has 19 heavy (non-hydrogen) atoms. The minimum Gasteiger partial charge on any atom is -0.481 e. The predicted octanol–water partition coefficient (Wildman–Crippen LogP) is -0.130. The van der Waals surface area contributed by atoms with E-state index >= 15 is 0 Å². The van der Waals surface area contributed by atoms with E-state index in [1.165, 1.54) is 0 Å². The van der Waals surface area contributed by atoms with Gasteiger partial charge in [-0.3, -0.25) is 14.9 Å². The van der Waals surface area contributed by atoms with Crippen molar-refractivity contribution in [2.75, 3.05) is 18.0 Å². The number of carbonyl (C=O) groups is 3. The van der Waals surface area contributed by atoms with Crippen LogP contribution in [0.15, 0.2) is 24.3 Å². The van der Waals surface area contributed by atoms with Crippen molar-refractivity contribution in [1.29, 1.82) is 0 Å². The van der Waals surface area contributed by atoms with E-state index < -0.39 is 23.8 Å². The van der Waals surface area contributed by atoms with Crippen LogP contribution in [0.5, 0.6) is 0 Å². The Morgan fingerprint density at radius 1 is 1.37 bits per heavy atom. The molecule has 0 aliphatic carbocycles. The average Bonchev–Trinajstić information content (AvgIpc) is 2.67. The Hall–Kier alpha value is -2.57. The highest BCUT2D eigenvalue weighted by Crippen LogP contribution is 2.35. The Bertz CT molecular complexity index is 544. The van der Waals surface area contributed by atoms with Crippen molar-refractivity contribution in [3.8, 4) is 0 Å². The fourth-order valence-corrected chi connectivity index (χ4v) is 2.20. The van der Waals surface area contributed by atoms with Crippen LogP contribution in [-0.2, 0) is 9.59 Å². The second-order valence-electron chi connectivity index (χ2n) is 4.24. The number of amides is 3. The SMILES string of the molecule is NC(=O)NC(=O)CN1CC(C(=O)O)c2ccccc21. The number of nitrogens with one attached hydrogen (secondary N) is 1. The van der Waals surface area contributed by atoms with Gasteiger partial charge in [0.15, 0.2) is 0 Å². The van der Waals surface area contributed by atoms with Gasteiger partial charge in [-0.2, -0.15) is 0 Å². The summed E-state index contributed by atoms with van der Waals surface area (Å²) in [4.78, 5) is 34.9. The van der Waals surface area contributed by atoms with Crippen molar-refractivity contribution in [3.05, 3.63) is 29.8 Å². The number of hydrogen-bond donors (Lipinski definition) is 3. The molecular formula is C12H13N3O4. The Morgan fingerprint density at radius 3 is 2.68 bits per heavy atom. The molecule has 0 bridgehead atoms. The highest BCUT2D eigenvalue weighted by molar-refractivity contribution is 5.96. The Morgan fingerprint density at radius 2 is 2.05 bits per heavy atom. The number of imide groups is 1. The van der Waals surface area contributed by atoms with Gasteiger partial charge in [-0.05, 0) is 11.6 Å². The van der Waals surface area contributed by atoms with Crippen LogP contribution in [0.3, 0.4) is 0 Å². The molecule has 0 spiro atoms. The third kappa shape index (κ3) is 2.65. The largest absolute Gasteiger partial charge is 0.481 e. The molecule has 7 nitrogen and oxygen atoms in total. The standard InChI is InChI=1S/C12H13N3O4/c13-12(19)14-10(16)6-15-5-8(11(17)18)7-3-1-2-4-9(7)15/h1-4,8H,5-6H2,(H,17,18)(H3,13,14,16,19). The average molecular weight is 263 g/mol. The molecular weight excluding hydrogens is 250 g/mol. The van der Waals surface area contributed by atoms with E-state index in [1.807, 2.05) is 5.32 Å². The number of carbonyl (C=O) groups excluding carboxylic acids is 2. The maximum Gasteiger partial charge on any atom is 0.318 e. The lowest BCUT2D eigenvalue weighted by Gasteiger charge is -2.18. The highest BCUT2D eigenvalue weighted by atomic mass is 16.4. The summed E-state index contributed by atoms with van der Waals surface area (Å²) in [6.45, 7) is 0.0879. The van der Waals surface area contributed by atoms with Crippen molar-refractivity contribution >= 4 is 23.6 Å². The monoisotopic (exact) mass is 263 g/mol. The second kappa shape index (κ2) is 4.97. The smallest absolute Gasteiger partial charge is 0.318 e. The molecule has 1 heterocycles. The molecule has 1 aromatic rings. The van der Waals surface area contributed by atoms with Crippen molar-refractivity contribution in [1.82, 2.24) is 5.32 Å². The number of fused-ring (bicyclic) bond motifs is 1. The summed E-state index contributed by atoms with van der Waals surface area (Å²) < 4.78 is 0. The van der Waals surface area contributed by atoms with Crippen molar-refractivity contribution in [2.24, 2.45) is 5.73 Å². The third-order valence-electron chi connectivity index (χ3n) is 2.95. The van der Waals surface area contributed by atoms with Gasteiger partial charge in [-0.25, -0.2) is 4.79 Å². The molecule has 0 aromatic heterocycles. The molecule has 1 aliphatic rings. The lowest BCUT2D eigenvalue weighted by Crippen LogP contribution is -2.42. The third-order valence-corrected chi connectivity index (χ3v) is 2.95. The molecule has 2 rings (SSSR count). The summed E-state index contributed by atoms with van der Waals surface area (Å²) in [5.41, 5.74) is 6.21. The molecule has 0 fully saturated rings. The minimum atomic E-state index is -0.940. The lowest BCUT2D eigenvalue weighted by molar-refractivity contribution is -0.138. The number of urea groups is 1. The number of primary amides is 1. The van der Waals surface area contributed by atoms with E-state index in [0.717, 1.165) is 0 Å². The molecule has 1 aliphatic heterocycles. The number of benzene rings is 1. The Kier molecular flexibility index (Phi) is 3.37. The summed E-state index contributed by atoms with van der Waals surface area (Å²) in [5, 5.41) is 11.1. The topological polar surface area (TPSA) is 113 Å².